The molecule has 11 aromatic carbocycles. The van der Waals surface area contributed by atoms with E-state index in [0.717, 1.165) is 78.0 Å². The third-order valence-corrected chi connectivity index (χ3v) is 16.3. The molecular weight excluding hydrogens is 947 g/mol. The monoisotopic (exact) mass is 991 g/mol. The molecule has 362 valence electrons. The Labute approximate surface area is 451 Å². The fraction of sp³-hybridized carbons (Fsp3) is 0.0137. The number of para-hydroxylation sites is 1. The van der Waals surface area contributed by atoms with Crippen molar-refractivity contribution in [1.82, 2.24) is 24.5 Å². The molecule has 78 heavy (non-hydrogen) atoms. The third-order valence-electron chi connectivity index (χ3n) is 16.3. The molecule has 0 unspecified atom stereocenters. The second-order valence-corrected chi connectivity index (χ2v) is 20.4. The molecule has 0 atom stereocenters. The summed E-state index contributed by atoms with van der Waals surface area (Å²) >= 11 is 0. The fourth-order valence-corrected chi connectivity index (χ4v) is 12.9. The average Bonchev–Trinajstić information content (AvgIpc) is 3.76. The van der Waals surface area contributed by atoms with E-state index in [-0.39, 0.29) is 0 Å². The minimum absolute atomic E-state index is 0.492. The predicted octanol–water partition coefficient (Wildman–Crippen LogP) is 17.9. The summed E-state index contributed by atoms with van der Waals surface area (Å²) in [5.41, 5.74) is 22.3. The number of hydrogen-bond acceptors (Lipinski definition) is 4. The normalized spacial score (nSPS) is 12.7. The van der Waals surface area contributed by atoms with Crippen LogP contribution in [0.25, 0.3) is 128 Å². The second-order valence-electron chi connectivity index (χ2n) is 20.4. The number of nitrogens with zero attached hydrogens (tertiary/aromatic N) is 5. The molecule has 3 heterocycles. The number of aromatic nitrogens is 5. The molecule has 0 fully saturated rings. The predicted molar refractivity (Wildman–Crippen MR) is 318 cm³/mol. The van der Waals surface area contributed by atoms with E-state index >= 15 is 0 Å². The Hall–Kier alpha value is -10.4. The first-order valence-corrected chi connectivity index (χ1v) is 26.6. The molecule has 0 amide bonds. The highest BCUT2D eigenvalue weighted by Crippen LogP contribution is 2.64. The van der Waals surface area contributed by atoms with Crippen LogP contribution in [0.15, 0.2) is 273 Å². The lowest BCUT2D eigenvalue weighted by Crippen LogP contribution is -2.26. The van der Waals surface area contributed by atoms with Crippen LogP contribution in [0.3, 0.4) is 0 Å². The Morgan fingerprint density at radius 3 is 1.38 bits per heavy atom. The van der Waals surface area contributed by atoms with Gasteiger partial charge in [-0.3, -0.25) is 0 Å². The number of rotatable bonds is 7. The molecule has 0 saturated heterocycles. The van der Waals surface area contributed by atoms with Crippen LogP contribution < -0.4 is 0 Å². The van der Waals surface area contributed by atoms with Crippen molar-refractivity contribution >= 4 is 32.6 Å². The van der Waals surface area contributed by atoms with Crippen LogP contribution in [-0.2, 0) is 5.41 Å². The van der Waals surface area contributed by atoms with Crippen LogP contribution in [-0.4, -0.2) is 24.5 Å². The molecule has 2 aliphatic carbocycles. The summed E-state index contributed by atoms with van der Waals surface area (Å²) in [6.45, 7) is 0. The van der Waals surface area contributed by atoms with Gasteiger partial charge in [-0.15, -0.1) is 0 Å². The van der Waals surface area contributed by atoms with E-state index in [9.17, 15) is 0 Å². The number of benzene rings is 11. The highest BCUT2D eigenvalue weighted by Gasteiger charge is 2.53. The summed E-state index contributed by atoms with van der Waals surface area (Å²) in [6.07, 6.45) is 0. The van der Waals surface area contributed by atoms with Gasteiger partial charge in [-0.2, -0.15) is 0 Å². The summed E-state index contributed by atoms with van der Waals surface area (Å²) in [5.74, 6) is 1.91. The van der Waals surface area contributed by atoms with Crippen molar-refractivity contribution in [2.24, 2.45) is 0 Å². The smallest absolute Gasteiger partial charge is 0.164 e. The SMILES string of the molecule is c1ccc(-c2nc(-c3ccccc3)nc(-c3ccc(-c4cccc5c4c4cc(-c6cccc(-c7nc8c(c9ccccc79)C7(c9ccccc9-c9ccccc97)c7ccccc7-8)c6)ccc4n5-c4ccccc4)cc3)n2)cc1. The summed E-state index contributed by atoms with van der Waals surface area (Å²) in [7, 11) is 0. The summed E-state index contributed by atoms with van der Waals surface area (Å²) in [4.78, 5) is 20.8. The molecule has 0 saturated carbocycles. The Balaban J connectivity index is 0.842. The number of pyridine rings is 1. The first-order chi connectivity index (χ1) is 38.7. The Morgan fingerprint density at radius 1 is 0.269 bits per heavy atom. The van der Waals surface area contributed by atoms with Crippen molar-refractivity contribution in [3.63, 3.8) is 0 Å². The first-order valence-electron chi connectivity index (χ1n) is 26.6. The highest BCUT2D eigenvalue weighted by molar-refractivity contribution is 6.17. The average molecular weight is 992 g/mol. The van der Waals surface area contributed by atoms with Crippen LogP contribution in [0.1, 0.15) is 22.3 Å². The Bertz CT molecular complexity index is 4610. The number of fused-ring (bicyclic) bond motifs is 15. The maximum absolute atomic E-state index is 5.81. The third kappa shape index (κ3) is 6.55. The fourth-order valence-electron chi connectivity index (χ4n) is 12.9. The lowest BCUT2D eigenvalue weighted by Gasteiger charge is -2.31. The quantitative estimate of drug-likeness (QED) is 0.160. The van der Waals surface area contributed by atoms with E-state index in [1.165, 1.54) is 55.1 Å². The molecule has 0 N–H and O–H groups in total. The number of hydrogen-bond donors (Lipinski definition) is 0. The minimum atomic E-state index is -0.492. The van der Waals surface area contributed by atoms with Crippen molar-refractivity contribution in [2.45, 2.75) is 5.41 Å². The van der Waals surface area contributed by atoms with Gasteiger partial charge in [-0.25, -0.2) is 19.9 Å². The van der Waals surface area contributed by atoms with Gasteiger partial charge in [0, 0.05) is 55.2 Å². The minimum Gasteiger partial charge on any atom is -0.309 e. The van der Waals surface area contributed by atoms with Gasteiger partial charge in [0.25, 0.3) is 0 Å². The maximum atomic E-state index is 5.81. The first kappa shape index (κ1) is 44.0. The largest absolute Gasteiger partial charge is 0.309 e. The molecule has 5 heteroatoms. The van der Waals surface area contributed by atoms with Crippen LogP contribution in [0.2, 0.25) is 0 Å². The van der Waals surface area contributed by atoms with Gasteiger partial charge in [0.2, 0.25) is 0 Å². The van der Waals surface area contributed by atoms with E-state index in [2.05, 4.69) is 217 Å². The second kappa shape index (κ2) is 17.4. The molecule has 14 aromatic rings. The molecule has 16 rings (SSSR count). The van der Waals surface area contributed by atoms with Gasteiger partial charge in [0.1, 0.15) is 0 Å². The highest BCUT2D eigenvalue weighted by atomic mass is 15.0. The Morgan fingerprint density at radius 2 is 0.731 bits per heavy atom. The molecule has 5 nitrogen and oxygen atoms in total. The van der Waals surface area contributed by atoms with Crippen molar-refractivity contribution in [2.75, 3.05) is 0 Å². The summed E-state index contributed by atoms with van der Waals surface area (Å²) in [5, 5.41) is 4.73. The van der Waals surface area contributed by atoms with Gasteiger partial charge in [0.05, 0.1) is 27.8 Å². The maximum Gasteiger partial charge on any atom is 0.164 e. The van der Waals surface area contributed by atoms with Gasteiger partial charge in [-0.05, 0) is 91.9 Å². The molecule has 1 spiro atoms. The van der Waals surface area contributed by atoms with Crippen LogP contribution in [0.4, 0.5) is 0 Å². The van der Waals surface area contributed by atoms with E-state index in [1.54, 1.807) is 0 Å². The van der Waals surface area contributed by atoms with Gasteiger partial charge >= 0.3 is 0 Å². The van der Waals surface area contributed by atoms with Crippen molar-refractivity contribution in [1.29, 1.82) is 0 Å². The van der Waals surface area contributed by atoms with Crippen molar-refractivity contribution in [3.05, 3.63) is 295 Å². The summed E-state index contributed by atoms with van der Waals surface area (Å²) in [6, 6.07) is 98.1. The molecule has 0 bridgehead atoms. The zero-order valence-corrected chi connectivity index (χ0v) is 42.2. The molecule has 2 aliphatic rings. The van der Waals surface area contributed by atoms with Crippen molar-refractivity contribution in [3.8, 4) is 95.7 Å². The van der Waals surface area contributed by atoms with Gasteiger partial charge < -0.3 is 4.57 Å². The van der Waals surface area contributed by atoms with E-state index in [1.807, 2.05) is 60.7 Å². The lowest BCUT2D eigenvalue weighted by atomic mass is 9.69. The van der Waals surface area contributed by atoms with Gasteiger partial charge in [-0.1, -0.05) is 237 Å². The van der Waals surface area contributed by atoms with Gasteiger partial charge in [0.15, 0.2) is 17.5 Å². The lowest BCUT2D eigenvalue weighted by molar-refractivity contribution is 0.799. The Kier molecular flexibility index (Phi) is 9.78. The van der Waals surface area contributed by atoms with Crippen LogP contribution in [0, 0.1) is 0 Å². The molecule has 3 aromatic heterocycles. The van der Waals surface area contributed by atoms with Crippen molar-refractivity contribution < 1.29 is 0 Å². The van der Waals surface area contributed by atoms with E-state index < -0.39 is 5.41 Å². The zero-order chi connectivity index (χ0) is 51.3. The molecule has 0 aliphatic heterocycles. The van der Waals surface area contributed by atoms with Crippen LogP contribution in [0.5, 0.6) is 0 Å². The zero-order valence-electron chi connectivity index (χ0n) is 42.2. The van der Waals surface area contributed by atoms with E-state index in [0.29, 0.717) is 17.5 Å². The molecule has 0 radical (unpaired) electrons. The summed E-state index contributed by atoms with van der Waals surface area (Å²) < 4.78 is 2.40. The molecular formula is C73H45N5. The van der Waals surface area contributed by atoms with E-state index in [4.69, 9.17) is 19.9 Å². The topological polar surface area (TPSA) is 56.5 Å². The van der Waals surface area contributed by atoms with Crippen LogP contribution >= 0.6 is 0 Å². The standard InChI is InChI=1S/C73H45N5/c1-4-20-47(21-5-1)70-75-71(48-22-6-2-7-23-48)77-72(76-70)49-40-38-46(39-41-49)54-33-19-37-65-66(54)60-45-51(42-43-64(60)78(65)53-26-8-3-9-27-53)50-24-18-25-52(44-50)68-58-31-11-10-30-57(58)67-69(74-68)59-32-14-17-36-63(59)73(67)61-34-15-12-28-55(61)56-29-13-16-35-62(56)73/h1-45H.